The summed E-state index contributed by atoms with van der Waals surface area (Å²) in [4.78, 5) is 0. The lowest BCUT2D eigenvalue weighted by atomic mass is 9.69. The zero-order valence-corrected chi connectivity index (χ0v) is 11.8. The zero-order valence-electron chi connectivity index (χ0n) is 11.0. The predicted octanol–water partition coefficient (Wildman–Crippen LogP) is 3.90. The minimum atomic E-state index is -0.118. The fourth-order valence-electron chi connectivity index (χ4n) is 3.48. The lowest BCUT2D eigenvalue weighted by Gasteiger charge is -2.41. The summed E-state index contributed by atoms with van der Waals surface area (Å²) in [5, 5.41) is 3.52. The smallest absolute Gasteiger partial charge is 0.130 e. The standard InChI is InChI=1S/C16H20FN.ClH/c17-16-7-2-1-4-12(16)8-9-15-13-5-3-6-14(15)11-18-10-13;/h1-2,4,7-9,13-15,18H,3,5-6,10-11H2;1H/b9-8+;/t13-,14+,15?;. The second kappa shape index (κ2) is 6.53. The normalized spacial score (nSPS) is 30.1. The molecule has 1 saturated heterocycles. The molecule has 3 atom stereocenters. The van der Waals surface area contributed by atoms with Crippen LogP contribution in [-0.2, 0) is 0 Å². The molecule has 1 aliphatic carbocycles. The minimum Gasteiger partial charge on any atom is -0.316 e. The Kier molecular flexibility index (Phi) is 5.00. The highest BCUT2D eigenvalue weighted by Crippen LogP contribution is 2.38. The molecule has 1 nitrogen and oxygen atoms in total. The summed E-state index contributed by atoms with van der Waals surface area (Å²) in [6.07, 6.45) is 8.23. The second-order valence-electron chi connectivity index (χ2n) is 5.57. The Bertz CT molecular complexity index is 424. The third kappa shape index (κ3) is 3.18. The fraction of sp³-hybridized carbons (Fsp3) is 0.500. The summed E-state index contributed by atoms with van der Waals surface area (Å²) in [6.45, 7) is 2.26. The van der Waals surface area contributed by atoms with Gasteiger partial charge in [0.25, 0.3) is 0 Å². The Morgan fingerprint density at radius 2 is 1.79 bits per heavy atom. The maximum atomic E-state index is 13.6. The first-order valence-corrected chi connectivity index (χ1v) is 6.98. The molecule has 1 aromatic carbocycles. The lowest BCUT2D eigenvalue weighted by Crippen LogP contribution is -2.45. The van der Waals surface area contributed by atoms with Crippen LogP contribution >= 0.6 is 12.4 Å². The van der Waals surface area contributed by atoms with Gasteiger partial charge in [0, 0.05) is 5.56 Å². The molecule has 0 spiro atoms. The van der Waals surface area contributed by atoms with Crippen LogP contribution < -0.4 is 5.32 Å². The van der Waals surface area contributed by atoms with E-state index in [4.69, 9.17) is 0 Å². The Morgan fingerprint density at radius 1 is 1.11 bits per heavy atom. The van der Waals surface area contributed by atoms with Gasteiger partial charge in [-0.1, -0.05) is 36.8 Å². The molecule has 0 amide bonds. The van der Waals surface area contributed by atoms with Crippen molar-refractivity contribution in [2.75, 3.05) is 13.1 Å². The van der Waals surface area contributed by atoms with Crippen molar-refractivity contribution in [2.24, 2.45) is 17.8 Å². The Balaban J connectivity index is 0.00000133. The number of nitrogens with one attached hydrogen (secondary N) is 1. The van der Waals surface area contributed by atoms with Crippen LogP contribution in [0.2, 0.25) is 0 Å². The van der Waals surface area contributed by atoms with Crippen molar-refractivity contribution in [2.45, 2.75) is 19.3 Å². The number of fused-ring (bicyclic) bond motifs is 2. The number of hydrogen-bond donors (Lipinski definition) is 1. The van der Waals surface area contributed by atoms with E-state index in [-0.39, 0.29) is 18.2 Å². The molecule has 2 fully saturated rings. The van der Waals surface area contributed by atoms with E-state index in [2.05, 4.69) is 11.4 Å². The van der Waals surface area contributed by atoms with Crippen LogP contribution in [0.25, 0.3) is 6.08 Å². The highest BCUT2D eigenvalue weighted by molar-refractivity contribution is 5.85. The minimum absolute atomic E-state index is 0. The molecule has 3 heteroatoms. The molecule has 1 aliphatic heterocycles. The van der Waals surface area contributed by atoms with Crippen molar-refractivity contribution in [3.05, 3.63) is 41.7 Å². The van der Waals surface area contributed by atoms with Gasteiger partial charge in [-0.05, 0) is 49.8 Å². The third-order valence-electron chi connectivity index (χ3n) is 4.45. The summed E-state index contributed by atoms with van der Waals surface area (Å²) < 4.78 is 13.6. The summed E-state index contributed by atoms with van der Waals surface area (Å²) in [5.41, 5.74) is 0.717. The predicted molar refractivity (Wildman–Crippen MR) is 79.9 cm³/mol. The van der Waals surface area contributed by atoms with Gasteiger partial charge >= 0.3 is 0 Å². The largest absolute Gasteiger partial charge is 0.316 e. The number of allylic oxidation sites excluding steroid dienone is 1. The van der Waals surface area contributed by atoms with Crippen molar-refractivity contribution in [1.82, 2.24) is 5.32 Å². The molecule has 104 valence electrons. The molecule has 3 rings (SSSR count). The topological polar surface area (TPSA) is 12.0 Å². The van der Waals surface area contributed by atoms with E-state index in [1.807, 2.05) is 18.2 Å². The second-order valence-corrected chi connectivity index (χ2v) is 5.57. The molecule has 0 aromatic heterocycles. The monoisotopic (exact) mass is 281 g/mol. The summed E-state index contributed by atoms with van der Waals surface area (Å²) in [5.74, 6) is 2.02. The molecule has 1 unspecified atom stereocenters. The van der Waals surface area contributed by atoms with Crippen molar-refractivity contribution in [3.8, 4) is 0 Å². The first kappa shape index (κ1) is 14.5. The molecule has 2 bridgehead atoms. The van der Waals surface area contributed by atoms with Crippen LogP contribution in [0.5, 0.6) is 0 Å². The Labute approximate surface area is 120 Å². The van der Waals surface area contributed by atoms with E-state index in [0.29, 0.717) is 11.5 Å². The number of hydrogen-bond acceptors (Lipinski definition) is 1. The van der Waals surface area contributed by atoms with E-state index in [0.717, 1.165) is 24.9 Å². The number of halogens is 2. The van der Waals surface area contributed by atoms with Crippen molar-refractivity contribution >= 4 is 18.5 Å². The maximum absolute atomic E-state index is 13.6. The molecular formula is C16H21ClFN. The van der Waals surface area contributed by atoms with Gasteiger partial charge in [-0.2, -0.15) is 0 Å². The molecule has 19 heavy (non-hydrogen) atoms. The van der Waals surface area contributed by atoms with E-state index in [1.165, 1.54) is 25.3 Å². The maximum Gasteiger partial charge on any atom is 0.130 e. The highest BCUT2D eigenvalue weighted by Gasteiger charge is 2.34. The number of benzene rings is 1. The molecule has 0 radical (unpaired) electrons. The zero-order chi connectivity index (χ0) is 12.4. The average Bonchev–Trinajstić information content (AvgIpc) is 2.37. The van der Waals surface area contributed by atoms with Crippen LogP contribution in [0, 0.1) is 23.6 Å². The van der Waals surface area contributed by atoms with Gasteiger partial charge in [-0.3, -0.25) is 0 Å². The summed E-state index contributed by atoms with van der Waals surface area (Å²) in [6, 6.07) is 7.02. The quantitative estimate of drug-likeness (QED) is 0.867. The molecule has 1 heterocycles. The van der Waals surface area contributed by atoms with E-state index in [9.17, 15) is 4.39 Å². The van der Waals surface area contributed by atoms with Gasteiger partial charge < -0.3 is 5.32 Å². The molecule has 1 aromatic rings. The molecular weight excluding hydrogens is 261 g/mol. The third-order valence-corrected chi connectivity index (χ3v) is 4.45. The van der Waals surface area contributed by atoms with E-state index < -0.39 is 0 Å². The highest BCUT2D eigenvalue weighted by atomic mass is 35.5. The first-order chi connectivity index (χ1) is 8.84. The van der Waals surface area contributed by atoms with E-state index in [1.54, 1.807) is 6.07 Å². The Morgan fingerprint density at radius 3 is 2.47 bits per heavy atom. The van der Waals surface area contributed by atoms with Crippen LogP contribution in [0.1, 0.15) is 24.8 Å². The molecule has 1 N–H and O–H groups in total. The molecule has 1 saturated carbocycles. The number of piperidine rings is 1. The van der Waals surface area contributed by atoms with Gasteiger partial charge in [-0.15, -0.1) is 12.4 Å². The van der Waals surface area contributed by atoms with Crippen molar-refractivity contribution in [3.63, 3.8) is 0 Å². The van der Waals surface area contributed by atoms with Crippen molar-refractivity contribution < 1.29 is 4.39 Å². The average molecular weight is 282 g/mol. The summed E-state index contributed by atoms with van der Waals surface area (Å²) >= 11 is 0. The lowest BCUT2D eigenvalue weighted by molar-refractivity contribution is 0.146. The van der Waals surface area contributed by atoms with Crippen LogP contribution in [0.4, 0.5) is 4.39 Å². The Hall–Kier alpha value is -0.860. The number of rotatable bonds is 2. The van der Waals surface area contributed by atoms with Gasteiger partial charge in [-0.25, -0.2) is 4.39 Å². The van der Waals surface area contributed by atoms with E-state index >= 15 is 0 Å². The SMILES string of the molecule is Cl.Fc1ccccc1/C=C/C1[C@@H]2CCC[C@H]1CNC2. The summed E-state index contributed by atoms with van der Waals surface area (Å²) in [7, 11) is 0. The molecule has 2 aliphatic rings. The van der Waals surface area contributed by atoms with Crippen LogP contribution in [0.3, 0.4) is 0 Å². The van der Waals surface area contributed by atoms with Crippen molar-refractivity contribution in [1.29, 1.82) is 0 Å². The van der Waals surface area contributed by atoms with Crippen LogP contribution in [-0.4, -0.2) is 13.1 Å². The first-order valence-electron chi connectivity index (χ1n) is 6.98. The van der Waals surface area contributed by atoms with Crippen LogP contribution in [0.15, 0.2) is 30.3 Å². The van der Waals surface area contributed by atoms with Gasteiger partial charge in [0.1, 0.15) is 5.82 Å². The van der Waals surface area contributed by atoms with Gasteiger partial charge in [0.05, 0.1) is 0 Å². The fourth-order valence-corrected chi connectivity index (χ4v) is 3.48. The van der Waals surface area contributed by atoms with Gasteiger partial charge in [0.2, 0.25) is 0 Å². The van der Waals surface area contributed by atoms with Gasteiger partial charge in [0.15, 0.2) is 0 Å².